The number of nitrogens with one attached hydrogen (secondary N) is 3. The molecule has 0 saturated heterocycles. The second-order valence-electron chi connectivity index (χ2n) is 6.55. The van der Waals surface area contributed by atoms with E-state index in [0.29, 0.717) is 10.6 Å². The number of hydrogen-bond acceptors (Lipinski definition) is 3. The van der Waals surface area contributed by atoms with Crippen molar-refractivity contribution in [3.05, 3.63) is 82.9 Å². The standard InChI is InChI=1S/C22H20ClN3O3/c1-14(21(28)25-26-22(29)16-9-11-18(23)12-10-16)24-20(27)13-17-7-4-6-15-5-2-3-8-19(15)17/h2-12,14H,13H2,1H3,(H,24,27)(H,25,28)(H,26,29)/t14-/m0/s1. The number of rotatable bonds is 5. The highest BCUT2D eigenvalue weighted by Gasteiger charge is 2.17. The molecule has 0 saturated carbocycles. The average molecular weight is 410 g/mol. The van der Waals surface area contributed by atoms with Crippen LogP contribution in [0.4, 0.5) is 0 Å². The van der Waals surface area contributed by atoms with Gasteiger partial charge in [-0.3, -0.25) is 25.2 Å². The van der Waals surface area contributed by atoms with Gasteiger partial charge in [0.25, 0.3) is 11.8 Å². The quantitative estimate of drug-likeness (QED) is 0.566. The maximum Gasteiger partial charge on any atom is 0.269 e. The van der Waals surface area contributed by atoms with E-state index in [0.717, 1.165) is 16.3 Å². The maximum absolute atomic E-state index is 12.4. The summed E-state index contributed by atoms with van der Waals surface area (Å²) >= 11 is 5.78. The second kappa shape index (κ2) is 9.21. The van der Waals surface area contributed by atoms with Crippen molar-refractivity contribution in [2.75, 3.05) is 0 Å². The van der Waals surface area contributed by atoms with Gasteiger partial charge in [0.05, 0.1) is 6.42 Å². The first-order chi connectivity index (χ1) is 13.9. The lowest BCUT2D eigenvalue weighted by Gasteiger charge is -2.15. The third-order valence-corrected chi connectivity index (χ3v) is 4.66. The van der Waals surface area contributed by atoms with Crippen LogP contribution in [-0.2, 0) is 16.0 Å². The molecule has 0 heterocycles. The summed E-state index contributed by atoms with van der Waals surface area (Å²) < 4.78 is 0. The molecular weight excluding hydrogens is 390 g/mol. The minimum atomic E-state index is -0.817. The third-order valence-electron chi connectivity index (χ3n) is 4.41. The van der Waals surface area contributed by atoms with Crippen molar-refractivity contribution in [3.63, 3.8) is 0 Å². The smallest absolute Gasteiger partial charge is 0.269 e. The molecule has 148 valence electrons. The Morgan fingerprint density at radius 3 is 2.34 bits per heavy atom. The lowest BCUT2D eigenvalue weighted by atomic mass is 10.0. The van der Waals surface area contributed by atoms with Gasteiger partial charge < -0.3 is 5.32 Å². The minimum absolute atomic E-state index is 0.149. The van der Waals surface area contributed by atoms with Crippen molar-refractivity contribution in [1.29, 1.82) is 0 Å². The number of carbonyl (C=O) groups is 3. The Labute approximate surface area is 173 Å². The predicted molar refractivity (Wildman–Crippen MR) is 112 cm³/mol. The Kier molecular flexibility index (Phi) is 6.46. The van der Waals surface area contributed by atoms with Crippen LogP contribution in [0.1, 0.15) is 22.8 Å². The van der Waals surface area contributed by atoms with E-state index >= 15 is 0 Å². The van der Waals surface area contributed by atoms with Gasteiger partial charge in [-0.05, 0) is 47.5 Å². The van der Waals surface area contributed by atoms with Crippen molar-refractivity contribution in [1.82, 2.24) is 16.2 Å². The van der Waals surface area contributed by atoms with Gasteiger partial charge in [0.2, 0.25) is 5.91 Å². The molecule has 7 heteroatoms. The number of fused-ring (bicyclic) bond motifs is 1. The van der Waals surface area contributed by atoms with Crippen molar-refractivity contribution in [2.24, 2.45) is 0 Å². The zero-order valence-corrected chi connectivity index (χ0v) is 16.5. The fourth-order valence-corrected chi connectivity index (χ4v) is 3.00. The van der Waals surface area contributed by atoms with Crippen LogP contribution in [0.2, 0.25) is 5.02 Å². The Hall–Kier alpha value is -3.38. The molecule has 0 radical (unpaired) electrons. The number of halogens is 1. The molecule has 0 aliphatic rings. The van der Waals surface area contributed by atoms with Crippen LogP contribution in [0, 0.1) is 0 Å². The largest absolute Gasteiger partial charge is 0.344 e. The molecule has 0 spiro atoms. The van der Waals surface area contributed by atoms with E-state index in [1.165, 1.54) is 0 Å². The molecule has 3 amide bonds. The van der Waals surface area contributed by atoms with E-state index in [1.54, 1.807) is 31.2 Å². The van der Waals surface area contributed by atoms with Crippen LogP contribution in [0.5, 0.6) is 0 Å². The van der Waals surface area contributed by atoms with Crippen molar-refractivity contribution in [2.45, 2.75) is 19.4 Å². The van der Waals surface area contributed by atoms with Crippen molar-refractivity contribution < 1.29 is 14.4 Å². The first kappa shape index (κ1) is 20.4. The molecule has 0 fully saturated rings. The van der Waals surface area contributed by atoms with Crippen LogP contribution >= 0.6 is 11.6 Å². The molecule has 6 nitrogen and oxygen atoms in total. The van der Waals surface area contributed by atoms with Gasteiger partial charge in [-0.2, -0.15) is 0 Å². The first-order valence-electron chi connectivity index (χ1n) is 9.06. The Bertz CT molecular complexity index is 1050. The molecule has 0 unspecified atom stereocenters. The summed E-state index contributed by atoms with van der Waals surface area (Å²) in [7, 11) is 0. The number of hydrazine groups is 1. The number of carbonyl (C=O) groups excluding carboxylic acids is 3. The lowest BCUT2D eigenvalue weighted by molar-refractivity contribution is -0.128. The molecule has 3 aromatic rings. The van der Waals surface area contributed by atoms with Crippen LogP contribution in [0.3, 0.4) is 0 Å². The first-order valence-corrected chi connectivity index (χ1v) is 9.43. The SMILES string of the molecule is C[C@H](NC(=O)Cc1cccc2ccccc12)C(=O)NNC(=O)c1ccc(Cl)cc1. The normalized spacial score (nSPS) is 11.5. The third kappa shape index (κ3) is 5.33. The average Bonchev–Trinajstić information content (AvgIpc) is 2.72. The van der Waals surface area contributed by atoms with Gasteiger partial charge in [0.15, 0.2) is 0 Å². The van der Waals surface area contributed by atoms with E-state index in [2.05, 4.69) is 16.2 Å². The highest BCUT2D eigenvalue weighted by atomic mass is 35.5. The maximum atomic E-state index is 12.4. The van der Waals surface area contributed by atoms with Gasteiger partial charge in [-0.25, -0.2) is 0 Å². The molecule has 0 aliphatic carbocycles. The molecule has 0 aliphatic heterocycles. The molecule has 1 atom stereocenters. The minimum Gasteiger partial charge on any atom is -0.344 e. The van der Waals surface area contributed by atoms with Crippen LogP contribution < -0.4 is 16.2 Å². The zero-order valence-electron chi connectivity index (χ0n) is 15.7. The van der Waals surface area contributed by atoms with Crippen LogP contribution in [0.25, 0.3) is 10.8 Å². The van der Waals surface area contributed by atoms with Crippen LogP contribution in [-0.4, -0.2) is 23.8 Å². The van der Waals surface area contributed by atoms with E-state index in [1.807, 2.05) is 42.5 Å². The van der Waals surface area contributed by atoms with Gasteiger partial charge in [0.1, 0.15) is 6.04 Å². The highest BCUT2D eigenvalue weighted by Crippen LogP contribution is 2.18. The summed E-state index contributed by atoms with van der Waals surface area (Å²) in [5.74, 6) is -1.30. The van der Waals surface area contributed by atoms with E-state index in [4.69, 9.17) is 11.6 Å². The molecule has 3 N–H and O–H groups in total. The molecule has 0 bridgehead atoms. The van der Waals surface area contributed by atoms with Gasteiger partial charge >= 0.3 is 0 Å². The van der Waals surface area contributed by atoms with Crippen LogP contribution in [0.15, 0.2) is 66.7 Å². The van der Waals surface area contributed by atoms with Crippen molar-refractivity contribution >= 4 is 40.1 Å². The molecule has 3 rings (SSSR count). The summed E-state index contributed by atoms with van der Waals surface area (Å²) in [5, 5.41) is 5.20. The van der Waals surface area contributed by atoms with E-state index in [9.17, 15) is 14.4 Å². The molecule has 29 heavy (non-hydrogen) atoms. The molecule has 3 aromatic carbocycles. The lowest BCUT2D eigenvalue weighted by Crippen LogP contribution is -2.51. The zero-order chi connectivity index (χ0) is 20.8. The topological polar surface area (TPSA) is 87.3 Å². The Morgan fingerprint density at radius 1 is 0.897 bits per heavy atom. The molecular formula is C22H20ClN3O3. The number of amides is 3. The summed E-state index contributed by atoms with van der Waals surface area (Å²) in [6.07, 6.45) is 0.149. The predicted octanol–water partition coefficient (Wildman–Crippen LogP) is 3.00. The number of hydrogen-bond donors (Lipinski definition) is 3. The monoisotopic (exact) mass is 409 g/mol. The Morgan fingerprint density at radius 2 is 1.59 bits per heavy atom. The van der Waals surface area contributed by atoms with E-state index in [-0.39, 0.29) is 12.3 Å². The summed E-state index contributed by atoms with van der Waals surface area (Å²) in [6, 6.07) is 19.0. The molecule has 0 aromatic heterocycles. The van der Waals surface area contributed by atoms with E-state index < -0.39 is 17.9 Å². The fraction of sp³-hybridized carbons (Fsp3) is 0.136. The van der Waals surface area contributed by atoms with Gasteiger partial charge in [-0.1, -0.05) is 54.1 Å². The Balaban J connectivity index is 1.53. The summed E-state index contributed by atoms with van der Waals surface area (Å²) in [4.78, 5) is 36.6. The van der Waals surface area contributed by atoms with Gasteiger partial charge in [-0.15, -0.1) is 0 Å². The van der Waals surface area contributed by atoms with Crippen molar-refractivity contribution in [3.8, 4) is 0 Å². The van der Waals surface area contributed by atoms with Gasteiger partial charge in [0, 0.05) is 10.6 Å². The highest BCUT2D eigenvalue weighted by molar-refractivity contribution is 6.30. The summed E-state index contributed by atoms with van der Waals surface area (Å²) in [5.41, 5.74) is 5.85. The number of benzene rings is 3. The summed E-state index contributed by atoms with van der Waals surface area (Å²) in [6.45, 7) is 1.55. The second-order valence-corrected chi connectivity index (χ2v) is 6.99. The fourth-order valence-electron chi connectivity index (χ4n) is 2.88.